The monoisotopic (exact) mass is 410 g/mol. The van der Waals surface area contributed by atoms with Gasteiger partial charge in [0.1, 0.15) is 0 Å². The molecule has 0 saturated heterocycles. The molecular weight excluding hydrogens is 380 g/mol. The summed E-state index contributed by atoms with van der Waals surface area (Å²) in [7, 11) is 0. The van der Waals surface area contributed by atoms with Gasteiger partial charge in [0.05, 0.1) is 0 Å². The number of aryl methyl sites for hydroxylation is 2. The van der Waals surface area contributed by atoms with Crippen LogP contribution < -0.4 is 5.43 Å². The fourth-order valence-electron chi connectivity index (χ4n) is 4.05. The average Bonchev–Trinajstić information content (AvgIpc) is 2.62. The molecule has 0 unspecified atom stereocenters. The van der Waals surface area contributed by atoms with Gasteiger partial charge in [-0.2, -0.15) is 5.10 Å². The lowest BCUT2D eigenvalue weighted by Gasteiger charge is -2.34. The summed E-state index contributed by atoms with van der Waals surface area (Å²) < 4.78 is 0. The number of thioether (sulfide) groups is 1. The van der Waals surface area contributed by atoms with Gasteiger partial charge in [-0.15, -0.1) is 0 Å². The minimum absolute atomic E-state index is 0.162. The van der Waals surface area contributed by atoms with E-state index in [0.717, 1.165) is 46.4 Å². The summed E-state index contributed by atoms with van der Waals surface area (Å²) in [5, 5.41) is 5.20. The molecule has 2 aromatic rings. The smallest absolute Gasteiger partial charge is 0.267 e. The molecule has 29 heavy (non-hydrogen) atoms. The highest BCUT2D eigenvalue weighted by Gasteiger charge is 2.29. The van der Waals surface area contributed by atoms with Gasteiger partial charge in [-0.3, -0.25) is 4.79 Å². The highest BCUT2D eigenvalue weighted by Crippen LogP contribution is 2.36. The third-order valence-electron chi connectivity index (χ3n) is 5.03. The summed E-state index contributed by atoms with van der Waals surface area (Å²) in [6.45, 7) is 10.7. The van der Waals surface area contributed by atoms with Crippen molar-refractivity contribution in [3.05, 3.63) is 52.8 Å². The summed E-state index contributed by atoms with van der Waals surface area (Å²) >= 11 is 1.60. The SMILES string of the molecule is Cc1cc(C)nc(SCc2ccc(C(=O)N/N=C3/C[C@H](C)CC(C)(C)C3)cc2)n1. The van der Waals surface area contributed by atoms with E-state index in [2.05, 4.69) is 41.3 Å². The Morgan fingerprint density at radius 3 is 2.48 bits per heavy atom. The zero-order valence-corrected chi connectivity index (χ0v) is 18.8. The summed E-state index contributed by atoms with van der Waals surface area (Å²) in [4.78, 5) is 21.4. The molecule has 1 atom stereocenters. The van der Waals surface area contributed by atoms with Crippen molar-refractivity contribution in [2.75, 3.05) is 0 Å². The summed E-state index contributed by atoms with van der Waals surface area (Å²) in [5.41, 5.74) is 7.78. The highest BCUT2D eigenvalue weighted by molar-refractivity contribution is 7.98. The molecule has 0 radical (unpaired) electrons. The Morgan fingerprint density at radius 1 is 1.21 bits per heavy atom. The Kier molecular flexibility index (Phi) is 6.73. The van der Waals surface area contributed by atoms with Crippen LogP contribution in [0, 0.1) is 25.2 Å². The molecule has 6 heteroatoms. The van der Waals surface area contributed by atoms with E-state index in [4.69, 9.17) is 0 Å². The quantitative estimate of drug-likeness (QED) is 0.412. The van der Waals surface area contributed by atoms with Crippen LogP contribution in [0.1, 0.15) is 67.3 Å². The number of hydrogen-bond donors (Lipinski definition) is 1. The van der Waals surface area contributed by atoms with Gasteiger partial charge in [0, 0.05) is 28.4 Å². The molecule has 3 rings (SSSR count). The maximum atomic E-state index is 12.5. The maximum Gasteiger partial charge on any atom is 0.271 e. The number of carbonyl (C=O) groups is 1. The molecule has 1 saturated carbocycles. The van der Waals surface area contributed by atoms with Crippen LogP contribution in [0.5, 0.6) is 0 Å². The first-order valence-corrected chi connectivity index (χ1v) is 11.1. The normalized spacial score (nSPS) is 19.9. The number of benzene rings is 1. The van der Waals surface area contributed by atoms with Crippen molar-refractivity contribution >= 4 is 23.4 Å². The van der Waals surface area contributed by atoms with Crippen LogP contribution >= 0.6 is 11.8 Å². The molecule has 1 aromatic heterocycles. The number of hydrazone groups is 1. The third kappa shape index (κ3) is 6.39. The molecule has 1 amide bonds. The molecule has 1 fully saturated rings. The van der Waals surface area contributed by atoms with E-state index in [1.807, 2.05) is 44.2 Å². The van der Waals surface area contributed by atoms with Crippen molar-refractivity contribution in [2.45, 2.75) is 64.8 Å². The van der Waals surface area contributed by atoms with E-state index >= 15 is 0 Å². The lowest BCUT2D eigenvalue weighted by atomic mass is 9.72. The van der Waals surface area contributed by atoms with E-state index < -0.39 is 0 Å². The highest BCUT2D eigenvalue weighted by atomic mass is 32.2. The van der Waals surface area contributed by atoms with Crippen molar-refractivity contribution in [1.29, 1.82) is 0 Å². The number of amides is 1. The number of carbonyl (C=O) groups excluding carboxylic acids is 1. The van der Waals surface area contributed by atoms with E-state index in [0.29, 0.717) is 11.5 Å². The van der Waals surface area contributed by atoms with Crippen LogP contribution in [-0.2, 0) is 5.75 Å². The molecule has 1 aliphatic rings. The van der Waals surface area contributed by atoms with Gasteiger partial charge in [0.2, 0.25) is 0 Å². The molecule has 154 valence electrons. The summed E-state index contributed by atoms with van der Waals surface area (Å²) in [5.74, 6) is 1.21. The zero-order chi connectivity index (χ0) is 21.0. The molecule has 1 N–H and O–H groups in total. The predicted octanol–water partition coefficient (Wildman–Crippen LogP) is 5.32. The first kappa shape index (κ1) is 21.5. The van der Waals surface area contributed by atoms with Crippen molar-refractivity contribution < 1.29 is 4.79 Å². The van der Waals surface area contributed by atoms with E-state index in [1.54, 1.807) is 11.8 Å². The van der Waals surface area contributed by atoms with Crippen LogP contribution in [0.25, 0.3) is 0 Å². The Hall–Kier alpha value is -2.21. The van der Waals surface area contributed by atoms with Gasteiger partial charge in [0.25, 0.3) is 5.91 Å². The summed E-state index contributed by atoms with van der Waals surface area (Å²) in [6, 6.07) is 9.62. The summed E-state index contributed by atoms with van der Waals surface area (Å²) in [6.07, 6.45) is 3.10. The van der Waals surface area contributed by atoms with Gasteiger partial charge in [0.15, 0.2) is 5.16 Å². The minimum atomic E-state index is -0.162. The van der Waals surface area contributed by atoms with Crippen LogP contribution in [0.4, 0.5) is 0 Å². The van der Waals surface area contributed by atoms with E-state index in [1.165, 1.54) is 6.42 Å². The molecule has 1 heterocycles. The molecule has 1 aromatic carbocycles. The van der Waals surface area contributed by atoms with Gasteiger partial charge >= 0.3 is 0 Å². The Labute approximate surface area is 177 Å². The largest absolute Gasteiger partial charge is 0.271 e. The van der Waals surface area contributed by atoms with Gasteiger partial charge in [-0.05, 0) is 68.2 Å². The second-order valence-corrected chi connectivity index (χ2v) is 9.83. The third-order valence-corrected chi connectivity index (χ3v) is 5.95. The molecule has 1 aliphatic carbocycles. The molecule has 5 nitrogen and oxygen atoms in total. The van der Waals surface area contributed by atoms with Gasteiger partial charge in [-0.1, -0.05) is 44.7 Å². The van der Waals surface area contributed by atoms with Gasteiger partial charge in [-0.25, -0.2) is 15.4 Å². The first-order valence-electron chi connectivity index (χ1n) is 10.1. The fraction of sp³-hybridized carbons (Fsp3) is 0.478. The molecule has 0 bridgehead atoms. The number of nitrogens with zero attached hydrogens (tertiary/aromatic N) is 3. The Bertz CT molecular complexity index is 885. The van der Waals surface area contributed by atoms with E-state index in [-0.39, 0.29) is 11.3 Å². The van der Waals surface area contributed by atoms with Crippen LogP contribution in [0.2, 0.25) is 0 Å². The maximum absolute atomic E-state index is 12.5. The second-order valence-electron chi connectivity index (χ2n) is 8.89. The Balaban J connectivity index is 1.56. The fourth-order valence-corrected chi connectivity index (χ4v) is 4.96. The standard InChI is InChI=1S/C23H30N4OS/c1-15-10-20(13-23(4,5)12-15)26-27-21(28)19-8-6-18(7-9-19)14-29-22-24-16(2)11-17(3)25-22/h6-9,11,15H,10,12-14H2,1-5H3,(H,27,28)/b26-20-/t15-/m0/s1. The Morgan fingerprint density at radius 2 is 1.86 bits per heavy atom. The lowest BCUT2D eigenvalue weighted by Crippen LogP contribution is -2.30. The first-order chi connectivity index (χ1) is 13.7. The van der Waals surface area contributed by atoms with Crippen molar-refractivity contribution in [2.24, 2.45) is 16.4 Å². The van der Waals surface area contributed by atoms with E-state index in [9.17, 15) is 4.79 Å². The molecule has 0 spiro atoms. The van der Waals surface area contributed by atoms with Gasteiger partial charge < -0.3 is 0 Å². The topological polar surface area (TPSA) is 67.2 Å². The van der Waals surface area contributed by atoms with Crippen LogP contribution in [0.15, 0.2) is 40.6 Å². The average molecular weight is 411 g/mol. The number of aromatic nitrogens is 2. The number of hydrogen-bond acceptors (Lipinski definition) is 5. The van der Waals surface area contributed by atoms with Crippen molar-refractivity contribution in [3.8, 4) is 0 Å². The zero-order valence-electron chi connectivity index (χ0n) is 18.0. The number of rotatable bonds is 5. The number of nitrogens with one attached hydrogen (secondary N) is 1. The lowest BCUT2D eigenvalue weighted by molar-refractivity contribution is 0.0954. The molecule has 0 aliphatic heterocycles. The van der Waals surface area contributed by atoms with Crippen molar-refractivity contribution in [3.63, 3.8) is 0 Å². The minimum Gasteiger partial charge on any atom is -0.267 e. The van der Waals surface area contributed by atoms with Crippen LogP contribution in [-0.4, -0.2) is 21.6 Å². The second kappa shape index (κ2) is 9.08. The predicted molar refractivity (Wildman–Crippen MR) is 119 cm³/mol. The van der Waals surface area contributed by atoms with Crippen LogP contribution in [0.3, 0.4) is 0 Å². The molecular formula is C23H30N4OS. The van der Waals surface area contributed by atoms with Crippen molar-refractivity contribution in [1.82, 2.24) is 15.4 Å².